The van der Waals surface area contributed by atoms with Gasteiger partial charge in [-0.3, -0.25) is 9.97 Å². The SMILES string of the molecule is Cc1cccc(-n2c(C)cc([C@H]3[C@@H](c4ccccn4)NC(=S)N3Cc3ccccn3)c2C)c1C. The van der Waals surface area contributed by atoms with E-state index in [4.69, 9.17) is 12.2 Å². The Labute approximate surface area is 206 Å². The van der Waals surface area contributed by atoms with Crippen LogP contribution >= 0.6 is 12.2 Å². The van der Waals surface area contributed by atoms with Crippen LogP contribution in [0.25, 0.3) is 5.69 Å². The third kappa shape index (κ3) is 3.88. The van der Waals surface area contributed by atoms with Crippen LogP contribution in [0.3, 0.4) is 0 Å². The molecule has 1 aliphatic rings. The van der Waals surface area contributed by atoms with Gasteiger partial charge in [0.15, 0.2) is 5.11 Å². The van der Waals surface area contributed by atoms with Gasteiger partial charge >= 0.3 is 0 Å². The number of aryl methyl sites for hydroxylation is 2. The fourth-order valence-electron chi connectivity index (χ4n) is 5.02. The van der Waals surface area contributed by atoms with Crippen molar-refractivity contribution in [1.29, 1.82) is 0 Å². The average molecular weight is 468 g/mol. The van der Waals surface area contributed by atoms with Gasteiger partial charge in [-0.1, -0.05) is 24.3 Å². The van der Waals surface area contributed by atoms with Gasteiger partial charge in [-0.05, 0) is 93.0 Å². The number of nitrogens with zero attached hydrogens (tertiary/aromatic N) is 4. The maximum atomic E-state index is 5.86. The third-order valence-electron chi connectivity index (χ3n) is 6.86. The van der Waals surface area contributed by atoms with E-state index in [-0.39, 0.29) is 12.1 Å². The Morgan fingerprint density at radius 3 is 2.38 bits per heavy atom. The summed E-state index contributed by atoms with van der Waals surface area (Å²) in [7, 11) is 0. The molecule has 0 radical (unpaired) electrons. The van der Waals surface area contributed by atoms with Gasteiger partial charge in [-0.2, -0.15) is 0 Å². The van der Waals surface area contributed by atoms with Crippen LogP contribution in [0.4, 0.5) is 0 Å². The number of benzene rings is 1. The molecule has 3 aromatic heterocycles. The second-order valence-corrected chi connectivity index (χ2v) is 9.34. The maximum absolute atomic E-state index is 5.86. The summed E-state index contributed by atoms with van der Waals surface area (Å²) in [4.78, 5) is 11.5. The van der Waals surface area contributed by atoms with Gasteiger partial charge < -0.3 is 14.8 Å². The minimum Gasteiger partial charge on any atom is -0.352 e. The molecule has 2 atom stereocenters. The van der Waals surface area contributed by atoms with Crippen molar-refractivity contribution in [2.24, 2.45) is 0 Å². The number of pyridine rings is 2. The lowest BCUT2D eigenvalue weighted by Gasteiger charge is -2.28. The quantitative estimate of drug-likeness (QED) is 0.383. The molecule has 0 spiro atoms. The first-order valence-corrected chi connectivity index (χ1v) is 12.0. The summed E-state index contributed by atoms with van der Waals surface area (Å²) in [6, 6.07) is 20.8. The zero-order chi connectivity index (χ0) is 23.8. The number of nitrogens with one attached hydrogen (secondary N) is 1. The van der Waals surface area contributed by atoms with Gasteiger partial charge in [0.2, 0.25) is 0 Å². The molecule has 5 nitrogen and oxygen atoms in total. The van der Waals surface area contributed by atoms with Gasteiger partial charge in [-0.15, -0.1) is 0 Å². The zero-order valence-electron chi connectivity index (χ0n) is 20.0. The first-order chi connectivity index (χ1) is 16.5. The summed E-state index contributed by atoms with van der Waals surface area (Å²) in [5.41, 5.74) is 9.45. The highest BCUT2D eigenvalue weighted by molar-refractivity contribution is 7.80. The molecule has 1 aromatic carbocycles. The monoisotopic (exact) mass is 467 g/mol. The molecule has 0 amide bonds. The van der Waals surface area contributed by atoms with Crippen molar-refractivity contribution in [2.45, 2.75) is 46.3 Å². The third-order valence-corrected chi connectivity index (χ3v) is 7.21. The normalized spacial score (nSPS) is 17.8. The highest BCUT2D eigenvalue weighted by atomic mass is 32.1. The molecule has 5 rings (SSSR count). The smallest absolute Gasteiger partial charge is 0.170 e. The van der Waals surface area contributed by atoms with E-state index in [0.717, 1.165) is 16.5 Å². The van der Waals surface area contributed by atoms with Crippen LogP contribution < -0.4 is 5.32 Å². The molecular weight excluding hydrogens is 438 g/mol. The number of hydrogen-bond donors (Lipinski definition) is 1. The molecule has 0 aliphatic carbocycles. The lowest BCUT2D eigenvalue weighted by Crippen LogP contribution is -2.29. The van der Waals surface area contributed by atoms with Crippen LogP contribution in [0.1, 0.15) is 51.5 Å². The van der Waals surface area contributed by atoms with Crippen LogP contribution in [-0.4, -0.2) is 24.5 Å². The first-order valence-electron chi connectivity index (χ1n) is 11.6. The highest BCUT2D eigenvalue weighted by Gasteiger charge is 2.41. The summed E-state index contributed by atoms with van der Waals surface area (Å²) in [6.07, 6.45) is 3.68. The van der Waals surface area contributed by atoms with Gasteiger partial charge in [0.05, 0.1) is 30.0 Å². The van der Waals surface area contributed by atoms with Crippen LogP contribution in [0.15, 0.2) is 73.1 Å². The summed E-state index contributed by atoms with van der Waals surface area (Å²) < 4.78 is 2.37. The predicted molar refractivity (Wildman–Crippen MR) is 140 cm³/mol. The average Bonchev–Trinajstić information content (AvgIpc) is 3.32. The topological polar surface area (TPSA) is 46.0 Å². The zero-order valence-corrected chi connectivity index (χ0v) is 20.8. The minimum absolute atomic E-state index is 0.00512. The molecule has 4 aromatic rings. The summed E-state index contributed by atoms with van der Waals surface area (Å²) in [5, 5.41) is 4.29. The van der Waals surface area contributed by atoms with E-state index in [2.05, 4.69) is 82.8 Å². The van der Waals surface area contributed by atoms with E-state index in [1.807, 2.05) is 42.7 Å². The first kappa shape index (κ1) is 22.3. The summed E-state index contributed by atoms with van der Waals surface area (Å²) >= 11 is 5.86. The highest BCUT2D eigenvalue weighted by Crippen LogP contribution is 2.42. The molecule has 0 bridgehead atoms. The van der Waals surface area contributed by atoms with E-state index in [9.17, 15) is 0 Å². The maximum Gasteiger partial charge on any atom is 0.170 e. The van der Waals surface area contributed by atoms with Gasteiger partial charge in [0.25, 0.3) is 0 Å². The molecule has 172 valence electrons. The standard InChI is InChI=1S/C28H29N5S/c1-18-10-9-13-25(20(18)3)33-19(2)16-23(21(33)4)27-26(24-12-6-8-15-30-24)31-28(34)32(27)17-22-11-5-7-14-29-22/h5-16,26-27H,17H2,1-4H3,(H,31,34)/t26-,27+/m1/s1. The van der Waals surface area contributed by atoms with E-state index in [1.54, 1.807) is 0 Å². The fraction of sp³-hybridized carbons (Fsp3) is 0.250. The van der Waals surface area contributed by atoms with Crippen molar-refractivity contribution >= 4 is 17.3 Å². The van der Waals surface area contributed by atoms with Crippen molar-refractivity contribution < 1.29 is 0 Å². The number of hydrogen-bond acceptors (Lipinski definition) is 3. The van der Waals surface area contributed by atoms with Crippen LogP contribution in [0.2, 0.25) is 0 Å². The molecule has 0 saturated carbocycles. The van der Waals surface area contributed by atoms with Gasteiger partial charge in [0.1, 0.15) is 0 Å². The molecule has 6 heteroatoms. The molecule has 1 saturated heterocycles. The number of thiocarbonyl (C=S) groups is 1. The van der Waals surface area contributed by atoms with Crippen molar-refractivity contribution in [1.82, 2.24) is 24.8 Å². The molecule has 0 unspecified atom stereocenters. The van der Waals surface area contributed by atoms with Crippen molar-refractivity contribution in [2.75, 3.05) is 0 Å². The summed E-state index contributed by atoms with van der Waals surface area (Å²) in [6.45, 7) is 9.38. The van der Waals surface area contributed by atoms with Crippen LogP contribution in [0.5, 0.6) is 0 Å². The Hall–Kier alpha value is -3.51. The van der Waals surface area contributed by atoms with E-state index in [1.165, 1.54) is 33.8 Å². The molecular formula is C28H29N5S. The second-order valence-electron chi connectivity index (χ2n) is 8.96. The van der Waals surface area contributed by atoms with E-state index < -0.39 is 0 Å². The van der Waals surface area contributed by atoms with Crippen LogP contribution in [-0.2, 0) is 6.54 Å². The minimum atomic E-state index is -0.0510. The number of aromatic nitrogens is 3. The van der Waals surface area contributed by atoms with E-state index in [0.29, 0.717) is 6.54 Å². The Kier molecular flexibility index (Phi) is 5.92. The Bertz CT molecular complexity index is 1330. The van der Waals surface area contributed by atoms with Crippen molar-refractivity contribution in [3.05, 3.63) is 113 Å². The second kappa shape index (κ2) is 9.03. The Morgan fingerprint density at radius 2 is 1.68 bits per heavy atom. The van der Waals surface area contributed by atoms with Crippen molar-refractivity contribution in [3.8, 4) is 5.69 Å². The van der Waals surface area contributed by atoms with Gasteiger partial charge in [0, 0.05) is 29.5 Å². The van der Waals surface area contributed by atoms with Gasteiger partial charge in [-0.25, -0.2) is 0 Å². The van der Waals surface area contributed by atoms with E-state index >= 15 is 0 Å². The lowest BCUT2D eigenvalue weighted by molar-refractivity contribution is 0.307. The Morgan fingerprint density at radius 1 is 0.912 bits per heavy atom. The largest absolute Gasteiger partial charge is 0.352 e. The fourth-order valence-corrected chi connectivity index (χ4v) is 5.32. The van der Waals surface area contributed by atoms with Crippen molar-refractivity contribution in [3.63, 3.8) is 0 Å². The molecule has 1 aliphatic heterocycles. The molecule has 34 heavy (non-hydrogen) atoms. The molecule has 1 fully saturated rings. The summed E-state index contributed by atoms with van der Waals surface area (Å²) in [5.74, 6) is 0. The lowest BCUT2D eigenvalue weighted by atomic mass is 9.96. The predicted octanol–water partition coefficient (Wildman–Crippen LogP) is 5.67. The Balaban J connectivity index is 1.64. The van der Waals surface area contributed by atoms with Crippen LogP contribution in [0, 0.1) is 27.7 Å². The molecule has 1 N–H and O–H groups in total. The number of rotatable bonds is 5. The molecule has 4 heterocycles.